The number of aliphatic hydroxyl groups excluding tert-OH is 3. The van der Waals surface area contributed by atoms with Crippen molar-refractivity contribution in [1.82, 2.24) is 37.2 Å². The Labute approximate surface area is 372 Å². The second-order valence-electron chi connectivity index (χ2n) is 15.4. The van der Waals surface area contributed by atoms with Gasteiger partial charge in [-0.1, -0.05) is 0 Å². The van der Waals surface area contributed by atoms with Gasteiger partial charge in [0.05, 0.1) is 24.9 Å². The molecular formula is C38H74N14O12. The summed E-state index contributed by atoms with van der Waals surface area (Å²) in [5.41, 5.74) is 33.2. The number of carboxylic acid groups (broad SMARTS) is 1. The van der Waals surface area contributed by atoms with Gasteiger partial charge in [0.1, 0.15) is 42.3 Å². The van der Waals surface area contributed by atoms with E-state index in [0.717, 1.165) is 13.8 Å². The third-order valence-electron chi connectivity index (χ3n) is 9.72. The van der Waals surface area contributed by atoms with Crippen LogP contribution in [0.5, 0.6) is 0 Å². The van der Waals surface area contributed by atoms with E-state index in [-0.39, 0.29) is 44.7 Å². The van der Waals surface area contributed by atoms with E-state index in [1.54, 1.807) is 0 Å². The Morgan fingerprint density at radius 1 is 0.500 bits per heavy atom. The van der Waals surface area contributed by atoms with Crippen LogP contribution in [-0.4, -0.2) is 167 Å². The maximum absolute atomic E-state index is 13.5. The number of hydrogen-bond donors (Lipinski definition) is 17. The third-order valence-corrected chi connectivity index (χ3v) is 9.72. The molecule has 26 nitrogen and oxygen atoms in total. The highest BCUT2D eigenvalue weighted by atomic mass is 16.4. The molecule has 0 aliphatic rings. The average molecular weight is 919 g/mol. The Hall–Kier alpha value is -5.25. The van der Waals surface area contributed by atoms with Crippen LogP contribution in [0.25, 0.3) is 0 Å². The van der Waals surface area contributed by atoms with Crippen molar-refractivity contribution < 1.29 is 58.8 Å². The van der Waals surface area contributed by atoms with E-state index in [0.29, 0.717) is 58.0 Å². The fraction of sp³-hybridized carbons (Fsp3) is 0.763. The minimum atomic E-state index is -1.78. The first-order valence-electron chi connectivity index (χ1n) is 21.4. The summed E-state index contributed by atoms with van der Waals surface area (Å²) in [4.78, 5) is 108. The van der Waals surface area contributed by atoms with Crippen LogP contribution in [0.2, 0.25) is 0 Å². The summed E-state index contributed by atoms with van der Waals surface area (Å²) in [5, 5.41) is 57.1. The molecule has 0 aromatic heterocycles. The second-order valence-corrected chi connectivity index (χ2v) is 15.4. The van der Waals surface area contributed by atoms with E-state index in [1.165, 1.54) is 6.92 Å². The smallest absolute Gasteiger partial charge is 0.326 e. The predicted molar refractivity (Wildman–Crippen MR) is 234 cm³/mol. The highest BCUT2D eigenvalue weighted by Crippen LogP contribution is 2.08. The number of nitrogens with one attached hydrogen (secondary N) is 7. The molecule has 0 heterocycles. The van der Waals surface area contributed by atoms with Crippen LogP contribution in [0.3, 0.4) is 0 Å². The van der Waals surface area contributed by atoms with Gasteiger partial charge in [0, 0.05) is 6.54 Å². The van der Waals surface area contributed by atoms with Crippen LogP contribution in [0.4, 0.5) is 0 Å². The zero-order valence-electron chi connectivity index (χ0n) is 37.1. The molecule has 0 fully saturated rings. The van der Waals surface area contributed by atoms with Gasteiger partial charge in [-0.3, -0.25) is 38.6 Å². The van der Waals surface area contributed by atoms with Crippen molar-refractivity contribution in [1.29, 1.82) is 0 Å². The summed E-state index contributed by atoms with van der Waals surface area (Å²) < 4.78 is 0. The van der Waals surface area contributed by atoms with Gasteiger partial charge in [-0.25, -0.2) is 4.79 Å². The largest absolute Gasteiger partial charge is 0.480 e. The van der Waals surface area contributed by atoms with Crippen LogP contribution >= 0.6 is 0 Å². The zero-order valence-corrected chi connectivity index (χ0v) is 37.1. The fourth-order valence-electron chi connectivity index (χ4n) is 5.91. The van der Waals surface area contributed by atoms with Crippen molar-refractivity contribution in [3.63, 3.8) is 0 Å². The molecule has 0 aromatic carbocycles. The van der Waals surface area contributed by atoms with E-state index < -0.39 is 114 Å². The predicted octanol–water partition coefficient (Wildman–Crippen LogP) is -6.99. The van der Waals surface area contributed by atoms with Gasteiger partial charge >= 0.3 is 5.97 Å². The number of unbranched alkanes of at least 4 members (excludes halogenated alkanes) is 3. The highest BCUT2D eigenvalue weighted by Gasteiger charge is 2.36. The monoisotopic (exact) mass is 919 g/mol. The van der Waals surface area contributed by atoms with Gasteiger partial charge in [-0.2, -0.15) is 0 Å². The Bertz CT molecular complexity index is 1520. The van der Waals surface area contributed by atoms with Gasteiger partial charge < -0.3 is 92.0 Å². The second kappa shape index (κ2) is 32.4. The van der Waals surface area contributed by atoms with E-state index in [4.69, 9.17) is 34.4 Å². The lowest BCUT2D eigenvalue weighted by atomic mass is 10.0. The standard InChI is InChI=1S/C38H74N14O12/c1-20(46-34(60)27(19-53)50-33(59)24(12-4-7-15-39)47-31(57)23(42)11-10-18-45-38(43)44)30(56)51-29(22(3)55)36(62)52-28(21(2)54)35(61)48-25(13-5-8-16-40)32(58)49-26(37(63)64)14-6-9-17-41/h20-29,53-55H,4-19,39-42H2,1-3H3,(H,46,60)(H,47,57)(H,48,61)(H,49,58)(H,50,59)(H,51,56)(H,52,62)(H,63,64)(H4,43,44,45)/t20-,21+,22+,23-,24-,25-,26-,27-,28-,29-/m0/s1. The number of carbonyl (C=O) groups is 8. The number of guanidine groups is 1. The number of nitrogens with zero attached hydrogens (tertiary/aromatic N) is 1. The molecule has 0 saturated heterocycles. The summed E-state index contributed by atoms with van der Waals surface area (Å²) in [6.07, 6.45) is 0.144. The van der Waals surface area contributed by atoms with E-state index >= 15 is 0 Å². The van der Waals surface area contributed by atoms with Crippen LogP contribution in [0.15, 0.2) is 4.99 Å². The third kappa shape index (κ3) is 23.4. The van der Waals surface area contributed by atoms with Crippen LogP contribution < -0.4 is 71.6 Å². The Kier molecular flexibility index (Phi) is 29.8. The molecule has 0 aliphatic heterocycles. The number of nitrogens with two attached hydrogens (primary N) is 6. The molecule has 0 unspecified atom stereocenters. The number of rotatable bonds is 34. The summed E-state index contributed by atoms with van der Waals surface area (Å²) in [5.74, 6) is -8.07. The topological polar surface area (TPSA) is 470 Å². The van der Waals surface area contributed by atoms with Crippen molar-refractivity contribution in [3.05, 3.63) is 0 Å². The van der Waals surface area contributed by atoms with Crippen molar-refractivity contribution >= 4 is 53.3 Å². The molecule has 368 valence electrons. The molecule has 10 atom stereocenters. The Morgan fingerprint density at radius 2 is 0.891 bits per heavy atom. The van der Waals surface area contributed by atoms with E-state index in [9.17, 15) is 58.8 Å². The maximum Gasteiger partial charge on any atom is 0.326 e. The summed E-state index contributed by atoms with van der Waals surface area (Å²) in [6, 6.07) is -11.4. The quantitative estimate of drug-likeness (QED) is 0.0162. The van der Waals surface area contributed by atoms with Crippen LogP contribution in [0, 0.1) is 0 Å². The number of aliphatic hydroxyl groups is 3. The van der Waals surface area contributed by atoms with Gasteiger partial charge in [-0.15, -0.1) is 0 Å². The number of aliphatic imine (C=N–C) groups is 1. The first-order chi connectivity index (χ1) is 30.1. The molecule has 0 saturated carbocycles. The fourth-order valence-corrected chi connectivity index (χ4v) is 5.91. The average Bonchev–Trinajstić information content (AvgIpc) is 3.23. The molecule has 0 bridgehead atoms. The number of amides is 7. The molecular weight excluding hydrogens is 845 g/mol. The van der Waals surface area contributed by atoms with Crippen LogP contribution in [0.1, 0.15) is 91.4 Å². The first-order valence-corrected chi connectivity index (χ1v) is 21.4. The van der Waals surface area contributed by atoms with Crippen molar-refractivity contribution in [3.8, 4) is 0 Å². The Balaban J connectivity index is 5.86. The van der Waals surface area contributed by atoms with Crippen molar-refractivity contribution in [2.24, 2.45) is 39.4 Å². The number of carboxylic acids is 1. The molecule has 0 aromatic rings. The molecule has 64 heavy (non-hydrogen) atoms. The molecule has 0 radical (unpaired) electrons. The van der Waals surface area contributed by atoms with Crippen LogP contribution in [-0.2, 0) is 38.4 Å². The van der Waals surface area contributed by atoms with Gasteiger partial charge in [-0.05, 0) is 111 Å². The number of hydrogen-bond acceptors (Lipinski definition) is 16. The minimum Gasteiger partial charge on any atom is -0.480 e. The summed E-state index contributed by atoms with van der Waals surface area (Å²) in [6.45, 7) is 3.64. The zero-order chi connectivity index (χ0) is 48.9. The van der Waals surface area contributed by atoms with Gasteiger partial charge in [0.2, 0.25) is 41.4 Å². The van der Waals surface area contributed by atoms with Crippen molar-refractivity contribution in [2.45, 2.75) is 152 Å². The lowest BCUT2D eigenvalue weighted by molar-refractivity contribution is -0.142. The summed E-state index contributed by atoms with van der Waals surface area (Å²) >= 11 is 0. The molecule has 0 rings (SSSR count). The molecule has 23 N–H and O–H groups in total. The number of carbonyl (C=O) groups excluding carboxylic acids is 7. The van der Waals surface area contributed by atoms with Crippen molar-refractivity contribution in [2.75, 3.05) is 32.8 Å². The van der Waals surface area contributed by atoms with Gasteiger partial charge in [0.15, 0.2) is 5.96 Å². The SMILES string of the molecule is C[C@H](NC(=O)[C@H](CO)NC(=O)[C@H](CCCCN)NC(=O)[C@@H](N)CCCN=C(N)N)C(=O)N[C@H](C(=O)N[C@H](C(=O)N[C@@H](CCCCN)C(=O)N[C@@H](CCCCN)C(=O)O)[C@@H](C)O)[C@@H](C)O. The van der Waals surface area contributed by atoms with E-state index in [2.05, 4.69) is 42.2 Å². The number of aliphatic carboxylic acids is 1. The normalized spacial score (nSPS) is 15.8. The Morgan fingerprint density at radius 3 is 1.31 bits per heavy atom. The first kappa shape index (κ1) is 58.8. The van der Waals surface area contributed by atoms with E-state index in [1.807, 2.05) is 0 Å². The highest BCUT2D eigenvalue weighted by molar-refractivity contribution is 5.97. The molecule has 0 spiro atoms. The summed E-state index contributed by atoms with van der Waals surface area (Å²) in [7, 11) is 0. The molecule has 26 heteroatoms. The minimum absolute atomic E-state index is 0.0193. The van der Waals surface area contributed by atoms with Gasteiger partial charge in [0.25, 0.3) is 0 Å². The lowest BCUT2D eigenvalue weighted by Crippen LogP contribution is -2.63. The molecule has 7 amide bonds. The molecule has 0 aliphatic carbocycles. The lowest BCUT2D eigenvalue weighted by Gasteiger charge is -2.28. The maximum atomic E-state index is 13.5.